The van der Waals surface area contributed by atoms with Gasteiger partial charge in [0, 0.05) is 28.1 Å². The van der Waals surface area contributed by atoms with Gasteiger partial charge in [0.2, 0.25) is 0 Å². The van der Waals surface area contributed by atoms with E-state index < -0.39 is 0 Å². The van der Waals surface area contributed by atoms with Crippen LogP contribution in [-0.4, -0.2) is 4.57 Å². The molecule has 54 valence electrons. The molecule has 0 atom stereocenters. The van der Waals surface area contributed by atoms with E-state index in [2.05, 4.69) is 6.07 Å². The Morgan fingerprint density at radius 2 is 2.20 bits per heavy atom. The molecule has 0 aromatic carbocycles. The Morgan fingerprint density at radius 1 is 1.60 bits per heavy atom. The molecule has 0 aliphatic rings. The first-order valence-electron chi connectivity index (χ1n) is 2.75. The van der Waals surface area contributed by atoms with Gasteiger partial charge in [-0.25, -0.2) is 6.07 Å². The minimum Gasteiger partial charge on any atom is -0.352 e. The third kappa shape index (κ3) is 2.11. The molecule has 0 N–H and O–H groups in total. The third-order valence-corrected chi connectivity index (χ3v) is 1.14. The summed E-state index contributed by atoms with van der Waals surface area (Å²) in [6.07, 6.45) is 1.78. The summed E-state index contributed by atoms with van der Waals surface area (Å²) in [5.74, 6) is 0. The second-order valence-electron chi connectivity index (χ2n) is 2.08. The van der Waals surface area contributed by atoms with E-state index in [0.29, 0.717) is 0 Å². The van der Waals surface area contributed by atoms with Gasteiger partial charge in [-0.05, 0) is 0 Å². The summed E-state index contributed by atoms with van der Waals surface area (Å²) in [6, 6.07) is 4.26. The third-order valence-electron chi connectivity index (χ3n) is 1.14. The molecule has 10 heavy (non-hydrogen) atoms. The van der Waals surface area contributed by atoms with Crippen LogP contribution in [0.2, 0.25) is 0 Å². The average Bonchev–Trinajstić information content (AvgIpc) is 1.80. The van der Waals surface area contributed by atoms with E-state index in [0.717, 1.165) is 5.56 Å². The van der Waals surface area contributed by atoms with Gasteiger partial charge in [0.1, 0.15) is 0 Å². The van der Waals surface area contributed by atoms with Gasteiger partial charge in [-0.3, -0.25) is 4.79 Å². The first kappa shape index (κ1) is 9.64. The maximum atomic E-state index is 10.7. The fourth-order valence-electron chi connectivity index (χ4n) is 0.679. The van der Waals surface area contributed by atoms with Gasteiger partial charge >= 0.3 is 0 Å². The van der Waals surface area contributed by atoms with Crippen molar-refractivity contribution in [2.24, 2.45) is 7.05 Å². The molecule has 0 unspecified atom stereocenters. The number of pyridine rings is 1. The Bertz CT molecular complexity index is 267. The summed E-state index contributed by atoms with van der Waals surface area (Å²) < 4.78 is 1.51. The Labute approximate surface area is 74.1 Å². The van der Waals surface area contributed by atoms with Gasteiger partial charge in [-0.2, -0.15) is 11.6 Å². The zero-order valence-electron chi connectivity index (χ0n) is 5.92. The van der Waals surface area contributed by atoms with Crippen molar-refractivity contribution in [3.63, 3.8) is 0 Å². The zero-order chi connectivity index (χ0) is 6.85. The van der Waals surface area contributed by atoms with E-state index in [1.165, 1.54) is 4.57 Å². The van der Waals surface area contributed by atoms with Crippen LogP contribution >= 0.6 is 0 Å². The summed E-state index contributed by atoms with van der Waals surface area (Å²) in [7, 11) is 1.71. The average molecular weight is 306 g/mol. The van der Waals surface area contributed by atoms with Gasteiger partial charge in [-0.1, -0.05) is 6.20 Å². The molecular weight excluding hydrogens is 298 g/mol. The van der Waals surface area contributed by atoms with E-state index in [-0.39, 0.29) is 26.6 Å². The van der Waals surface area contributed by atoms with Crippen molar-refractivity contribution in [3.05, 3.63) is 34.2 Å². The maximum Gasteiger partial charge on any atom is 0.157 e. The molecule has 1 rings (SSSR count). The van der Waals surface area contributed by atoms with E-state index >= 15 is 0 Å². The molecular formula is C7H8NOW-. The SMILES string of the molecule is Cc1c[c-]c(=O)n(C)c1.[W]. The number of hydrogen-bond donors (Lipinski definition) is 0. The Kier molecular flexibility index (Phi) is 3.59. The normalized spacial score (nSPS) is 8.60. The molecule has 0 aliphatic heterocycles. The molecule has 1 heterocycles. The number of hydrogen-bond acceptors (Lipinski definition) is 1. The number of aromatic nitrogens is 1. The molecule has 1 aromatic heterocycles. The first-order valence-corrected chi connectivity index (χ1v) is 2.75. The van der Waals surface area contributed by atoms with Crippen LogP contribution in [0.3, 0.4) is 0 Å². The number of rotatable bonds is 0. The van der Waals surface area contributed by atoms with Crippen molar-refractivity contribution in [2.75, 3.05) is 0 Å². The number of aryl methyl sites for hydroxylation is 2. The van der Waals surface area contributed by atoms with Gasteiger partial charge in [0.15, 0.2) is 5.56 Å². The second-order valence-corrected chi connectivity index (χ2v) is 2.08. The standard InChI is InChI=1S/C7H8NO.W/c1-6-3-4-7(9)8(2)5-6;/h3,5H,1-2H3;/q-1;. The molecule has 0 spiro atoms. The van der Waals surface area contributed by atoms with Crippen molar-refractivity contribution >= 4 is 0 Å². The molecule has 1 aromatic rings. The zero-order valence-corrected chi connectivity index (χ0v) is 8.85. The molecule has 0 radical (unpaired) electrons. The fourth-order valence-corrected chi connectivity index (χ4v) is 0.679. The molecule has 0 saturated carbocycles. The van der Waals surface area contributed by atoms with Gasteiger partial charge in [-0.15, -0.1) is 6.92 Å². The van der Waals surface area contributed by atoms with Crippen molar-refractivity contribution in [3.8, 4) is 0 Å². The fraction of sp³-hybridized carbons (Fsp3) is 0.286. The summed E-state index contributed by atoms with van der Waals surface area (Å²) in [5.41, 5.74) is 0.970. The van der Waals surface area contributed by atoms with Crippen LogP contribution in [0.1, 0.15) is 5.56 Å². The Morgan fingerprint density at radius 3 is 2.60 bits per heavy atom. The summed E-state index contributed by atoms with van der Waals surface area (Å²) in [4.78, 5) is 10.7. The van der Waals surface area contributed by atoms with Crippen LogP contribution in [0.25, 0.3) is 0 Å². The predicted octanol–water partition coefficient (Wildman–Crippen LogP) is 0.491. The van der Waals surface area contributed by atoms with Crippen molar-refractivity contribution in [1.82, 2.24) is 4.57 Å². The molecule has 3 heteroatoms. The van der Waals surface area contributed by atoms with Crippen LogP contribution in [0.5, 0.6) is 0 Å². The van der Waals surface area contributed by atoms with E-state index in [4.69, 9.17) is 0 Å². The van der Waals surface area contributed by atoms with Gasteiger partial charge in [0.05, 0.1) is 0 Å². The van der Waals surface area contributed by atoms with Crippen LogP contribution in [-0.2, 0) is 28.1 Å². The minimum absolute atomic E-state index is 0. The van der Waals surface area contributed by atoms with Crippen LogP contribution in [0.4, 0.5) is 0 Å². The Hall–Kier alpha value is -0.362. The monoisotopic (exact) mass is 306 g/mol. The molecule has 0 amide bonds. The molecule has 0 aliphatic carbocycles. The summed E-state index contributed by atoms with van der Waals surface area (Å²) in [5, 5.41) is 0. The van der Waals surface area contributed by atoms with E-state index in [1.54, 1.807) is 19.3 Å². The largest absolute Gasteiger partial charge is 0.352 e. The van der Waals surface area contributed by atoms with Crippen LogP contribution < -0.4 is 5.56 Å². The van der Waals surface area contributed by atoms with E-state index in [1.807, 2.05) is 6.92 Å². The quantitative estimate of drug-likeness (QED) is 0.640. The molecule has 2 nitrogen and oxygen atoms in total. The minimum atomic E-state index is -0.0828. The number of nitrogens with zero attached hydrogens (tertiary/aromatic N) is 1. The van der Waals surface area contributed by atoms with Crippen molar-refractivity contribution in [1.29, 1.82) is 0 Å². The van der Waals surface area contributed by atoms with Gasteiger partial charge < -0.3 is 4.57 Å². The first-order chi connectivity index (χ1) is 4.20. The summed E-state index contributed by atoms with van der Waals surface area (Å²) >= 11 is 0. The predicted molar refractivity (Wildman–Crippen MR) is 35.3 cm³/mol. The molecule has 0 saturated heterocycles. The second kappa shape index (κ2) is 3.72. The summed E-state index contributed by atoms with van der Waals surface area (Å²) in [6.45, 7) is 1.93. The molecule has 0 fully saturated rings. The van der Waals surface area contributed by atoms with Gasteiger partial charge in [0.25, 0.3) is 0 Å². The maximum absolute atomic E-state index is 10.7. The smallest absolute Gasteiger partial charge is 0.157 e. The van der Waals surface area contributed by atoms with E-state index in [9.17, 15) is 4.79 Å². The van der Waals surface area contributed by atoms with Crippen molar-refractivity contribution in [2.45, 2.75) is 6.92 Å². The Balaban J connectivity index is 0.000000810. The van der Waals surface area contributed by atoms with Crippen LogP contribution in [0.15, 0.2) is 17.1 Å². The molecule has 0 bridgehead atoms. The van der Waals surface area contributed by atoms with Crippen molar-refractivity contribution < 1.29 is 21.1 Å². The van der Waals surface area contributed by atoms with Crippen LogP contribution in [0, 0.1) is 13.0 Å². The topological polar surface area (TPSA) is 22.0 Å².